The molecule has 6 rings (SSSR count). The quantitative estimate of drug-likeness (QED) is 0.0550. The first-order valence-corrected chi connectivity index (χ1v) is 13.6. The smallest absolute Gasteiger partial charge is 0.214 e. The van der Waals surface area contributed by atoms with Crippen molar-refractivity contribution < 1.29 is 75.4 Å². The van der Waals surface area contributed by atoms with Gasteiger partial charge < -0.3 is 5.02 Å². The van der Waals surface area contributed by atoms with E-state index in [4.69, 9.17) is 0 Å². The van der Waals surface area contributed by atoms with Gasteiger partial charge in [-0.05, 0) is 12.1 Å². The molecule has 0 bridgehead atoms. The van der Waals surface area contributed by atoms with Gasteiger partial charge >= 0.3 is 0 Å². The summed E-state index contributed by atoms with van der Waals surface area (Å²) in [5.41, 5.74) is -7.95. The van der Waals surface area contributed by atoms with Crippen molar-refractivity contribution >= 4 is 44.4 Å². The second-order valence-corrected chi connectivity index (χ2v) is 10.6. The molecule has 2 nitrogen and oxygen atoms in total. The molecule has 1 heterocycles. The predicted molar refractivity (Wildman–Crippen MR) is 148 cm³/mol. The van der Waals surface area contributed by atoms with Crippen LogP contribution in [0.1, 0.15) is 0 Å². The fourth-order valence-corrected chi connectivity index (χ4v) is 5.54. The van der Waals surface area contributed by atoms with E-state index in [0.717, 1.165) is 0 Å². The molecule has 1 N–H and O–H groups in total. The summed E-state index contributed by atoms with van der Waals surface area (Å²) >= 11 is 0. The van der Waals surface area contributed by atoms with Crippen molar-refractivity contribution in [2.24, 2.45) is 7.05 Å². The van der Waals surface area contributed by atoms with Crippen LogP contribution in [-0.2, 0) is 7.05 Å². The summed E-state index contributed by atoms with van der Waals surface area (Å²) in [5, 5.41) is 14.7. The lowest BCUT2D eigenvalue weighted by molar-refractivity contribution is -0.643. The van der Waals surface area contributed by atoms with Crippen LogP contribution in [0.4, 0.5) is 65.9 Å². The van der Waals surface area contributed by atoms with Gasteiger partial charge in [-0.25, -0.2) is 70.4 Å². The van der Waals surface area contributed by atoms with Crippen LogP contribution in [0, 0.1) is 87.3 Å². The number of para-hydroxylation sites is 1. The monoisotopic (exact) mass is 723 g/mol. The number of hydrogen-bond acceptors (Lipinski definition) is 1. The van der Waals surface area contributed by atoms with Crippen LogP contribution in [0.25, 0.3) is 21.7 Å². The van der Waals surface area contributed by atoms with Crippen LogP contribution in [-0.4, -0.2) is 11.4 Å². The third-order valence-electron chi connectivity index (χ3n) is 7.85. The van der Waals surface area contributed by atoms with Gasteiger partial charge in [-0.1, -0.05) is 46.7 Å². The topological polar surface area (TPSA) is 24.1 Å². The maximum Gasteiger partial charge on any atom is 0.214 e. The highest BCUT2D eigenvalue weighted by atomic mass is 19.2. The molecule has 1 aromatic heterocycles. The lowest BCUT2D eigenvalue weighted by atomic mass is 9.28. The third-order valence-corrected chi connectivity index (χ3v) is 7.85. The van der Waals surface area contributed by atoms with Gasteiger partial charge in [-0.15, -0.1) is 0 Å². The normalized spacial score (nSPS) is 11.7. The largest absolute Gasteiger partial charge is 0.594 e. The molecule has 0 aliphatic rings. The number of pyridine rings is 1. The summed E-state index contributed by atoms with van der Waals surface area (Å²) in [7, 11) is 2.09. The molecule has 0 aliphatic heterocycles. The van der Waals surface area contributed by atoms with E-state index in [1.54, 1.807) is 0 Å². The van der Waals surface area contributed by atoms with Crippen molar-refractivity contribution in [2.75, 3.05) is 0 Å². The molecule has 0 radical (unpaired) electrons. The Morgan fingerprint density at radius 2 is 0.680 bits per heavy atom. The zero-order chi connectivity index (χ0) is 37.1. The second kappa shape index (κ2) is 12.9. The molecule has 0 unspecified atom stereocenters. The highest BCUT2D eigenvalue weighted by molar-refractivity contribution is 7.06. The highest BCUT2D eigenvalue weighted by Crippen LogP contribution is 2.27. The summed E-state index contributed by atoms with van der Waals surface area (Å²) in [6.45, 7) is 0. The minimum atomic E-state index is -6.41. The molecule has 0 saturated heterocycles. The zero-order valence-corrected chi connectivity index (χ0v) is 24.3. The van der Waals surface area contributed by atoms with Crippen molar-refractivity contribution in [3.05, 3.63) is 142 Å². The Morgan fingerprint density at radius 1 is 0.400 bits per heavy atom. The minimum absolute atomic E-state index is 1.27. The number of aryl methyl sites for hydroxylation is 1. The molecule has 18 heteroatoms. The van der Waals surface area contributed by atoms with Crippen LogP contribution in [0.2, 0.25) is 0 Å². The molecule has 0 amide bonds. The molecule has 6 aromatic rings. The molecule has 0 atom stereocenters. The maximum atomic E-state index is 14.5. The number of rotatable bonds is 3. The average molecular weight is 723 g/mol. The van der Waals surface area contributed by atoms with Gasteiger partial charge in [0.2, 0.25) is 11.9 Å². The molecular formula is C32H13BF15NO. The van der Waals surface area contributed by atoms with Gasteiger partial charge in [0.25, 0.3) is 0 Å². The van der Waals surface area contributed by atoms with E-state index in [9.17, 15) is 70.9 Å². The predicted octanol–water partition coefficient (Wildman–Crippen LogP) is 6.55. The fourth-order valence-electron chi connectivity index (χ4n) is 5.54. The number of nitrogens with zero attached hydrogens (tertiary/aromatic N) is 1. The molecule has 0 saturated carbocycles. The Balaban J connectivity index is 0.000000266. The van der Waals surface area contributed by atoms with Gasteiger partial charge in [0, 0.05) is 16.8 Å². The zero-order valence-electron chi connectivity index (χ0n) is 24.3. The third kappa shape index (κ3) is 5.28. The molecule has 0 spiro atoms. The van der Waals surface area contributed by atoms with Gasteiger partial charge in [-0.2, -0.15) is 0 Å². The number of halogens is 15. The number of benzene rings is 5. The first-order chi connectivity index (χ1) is 23.4. The number of hydrogen-bond donors (Lipinski definition) is 1. The Kier molecular flexibility index (Phi) is 9.29. The average Bonchev–Trinajstić information content (AvgIpc) is 3.10. The molecule has 50 heavy (non-hydrogen) atoms. The molecular weight excluding hydrogens is 710 g/mol. The highest BCUT2D eigenvalue weighted by Gasteiger charge is 2.47. The Labute approximate surface area is 269 Å². The van der Waals surface area contributed by atoms with Crippen molar-refractivity contribution in [1.29, 1.82) is 0 Å². The van der Waals surface area contributed by atoms with E-state index in [1.807, 2.05) is 0 Å². The number of aromatic nitrogens is 1. The minimum Gasteiger partial charge on any atom is -0.594 e. The van der Waals surface area contributed by atoms with E-state index in [2.05, 4.69) is 66.3 Å². The summed E-state index contributed by atoms with van der Waals surface area (Å²) < 4.78 is 212. The standard InChI is InChI=1S/C18HBF15O.C14H12N/c20-4-1(5(21)11(27)16(32)10(4)26)19(35,2-6(22)12(28)17(33)13(29)7(2)23)3-8(24)14(30)18(34)15(31)9(3)25;1-15-10-11-6-2-3-7-12(11)13-8-4-5-9-14(13)15/h35H;2-10H,1H3/q-1;+1. The Hall–Kier alpha value is -5.26. The van der Waals surface area contributed by atoms with Crippen LogP contribution >= 0.6 is 0 Å². The SMILES string of the molecule is C[n+]1cc2ccccc2c2ccccc21.O[B-](c1c(F)c(F)c(F)c(F)c1F)(c1c(F)c(F)c(F)c(F)c1F)c1c(F)c(F)c(F)c(F)c1F. The summed E-state index contributed by atoms with van der Waals surface area (Å²) in [4.78, 5) is 0. The molecule has 0 aliphatic carbocycles. The summed E-state index contributed by atoms with van der Waals surface area (Å²) in [5.74, 6) is -47.9. The maximum absolute atomic E-state index is 14.5. The second-order valence-electron chi connectivity index (χ2n) is 10.6. The first-order valence-electron chi connectivity index (χ1n) is 13.6. The van der Waals surface area contributed by atoms with Crippen molar-refractivity contribution in [3.8, 4) is 0 Å². The van der Waals surface area contributed by atoms with Crippen LogP contribution in [0.3, 0.4) is 0 Å². The summed E-state index contributed by atoms with van der Waals surface area (Å²) in [6.07, 6.45) is -4.23. The van der Waals surface area contributed by atoms with E-state index in [0.29, 0.717) is 0 Å². The van der Waals surface area contributed by atoms with Gasteiger partial charge in [-0.3, -0.25) is 0 Å². The van der Waals surface area contributed by atoms with Gasteiger partial charge in [0.1, 0.15) is 42.0 Å². The Bertz CT molecular complexity index is 2130. The van der Waals surface area contributed by atoms with Crippen molar-refractivity contribution in [2.45, 2.75) is 0 Å². The fraction of sp³-hybridized carbons (Fsp3) is 0.0312. The van der Waals surface area contributed by atoms with E-state index >= 15 is 0 Å². The summed E-state index contributed by atoms with van der Waals surface area (Å²) in [6, 6.07) is 17.0. The molecule has 260 valence electrons. The van der Waals surface area contributed by atoms with Crippen LogP contribution in [0.15, 0.2) is 54.7 Å². The van der Waals surface area contributed by atoms with Gasteiger partial charge in [0.15, 0.2) is 58.6 Å². The van der Waals surface area contributed by atoms with Crippen LogP contribution in [0.5, 0.6) is 0 Å². The van der Waals surface area contributed by atoms with E-state index in [1.165, 1.54) is 21.7 Å². The van der Waals surface area contributed by atoms with E-state index < -0.39 is 110 Å². The van der Waals surface area contributed by atoms with Crippen LogP contribution < -0.4 is 21.0 Å². The lowest BCUT2D eigenvalue weighted by Crippen LogP contribution is -2.73. The van der Waals surface area contributed by atoms with E-state index in [-0.39, 0.29) is 0 Å². The number of fused-ring (bicyclic) bond motifs is 3. The lowest BCUT2D eigenvalue weighted by Gasteiger charge is -2.39. The van der Waals surface area contributed by atoms with Crippen molar-refractivity contribution in [3.63, 3.8) is 0 Å². The molecule has 5 aromatic carbocycles. The van der Waals surface area contributed by atoms with Gasteiger partial charge in [0.05, 0.1) is 5.39 Å². The first kappa shape index (κ1) is 36.0. The molecule has 0 fully saturated rings. The Morgan fingerprint density at radius 3 is 1.04 bits per heavy atom. The van der Waals surface area contributed by atoms with Crippen molar-refractivity contribution in [1.82, 2.24) is 0 Å².